The van der Waals surface area contributed by atoms with Crippen LogP contribution < -0.4 is 10.9 Å². The number of aryl methyl sites for hydroxylation is 1. The summed E-state index contributed by atoms with van der Waals surface area (Å²) in [4.78, 5) is 11.3. The molecule has 0 unspecified atom stereocenters. The normalized spacial score (nSPS) is 10.4. The minimum absolute atomic E-state index is 0.0202. The van der Waals surface area contributed by atoms with E-state index in [0.29, 0.717) is 11.6 Å². The summed E-state index contributed by atoms with van der Waals surface area (Å²) in [6.07, 6.45) is 1.77. The van der Waals surface area contributed by atoms with Crippen LogP contribution >= 0.6 is 27.5 Å². The van der Waals surface area contributed by atoms with Gasteiger partial charge >= 0.3 is 0 Å². The molecular formula is C13H12BrClN2O. The molecule has 1 N–H and O–H groups in total. The fraction of sp³-hybridized carbons (Fsp3) is 0.154. The lowest BCUT2D eigenvalue weighted by Gasteiger charge is -2.09. The SMILES string of the molecule is Cn1cc(NCc2ccc(Cl)cc2Br)ccc1=O. The summed E-state index contributed by atoms with van der Waals surface area (Å²) >= 11 is 9.35. The molecule has 0 radical (unpaired) electrons. The van der Waals surface area contributed by atoms with Crippen molar-refractivity contribution in [3.63, 3.8) is 0 Å². The van der Waals surface area contributed by atoms with Crippen molar-refractivity contribution < 1.29 is 0 Å². The lowest BCUT2D eigenvalue weighted by atomic mass is 10.2. The number of nitrogens with one attached hydrogen (secondary N) is 1. The van der Waals surface area contributed by atoms with Gasteiger partial charge < -0.3 is 9.88 Å². The molecule has 0 saturated carbocycles. The van der Waals surface area contributed by atoms with E-state index in [1.165, 1.54) is 0 Å². The zero-order valence-corrected chi connectivity index (χ0v) is 12.1. The van der Waals surface area contributed by atoms with E-state index in [0.717, 1.165) is 15.7 Å². The van der Waals surface area contributed by atoms with Crippen LogP contribution in [0.3, 0.4) is 0 Å². The van der Waals surface area contributed by atoms with Gasteiger partial charge in [-0.3, -0.25) is 4.79 Å². The van der Waals surface area contributed by atoms with Gasteiger partial charge in [-0.25, -0.2) is 0 Å². The number of pyridine rings is 1. The van der Waals surface area contributed by atoms with E-state index in [4.69, 9.17) is 11.6 Å². The lowest BCUT2D eigenvalue weighted by molar-refractivity contribution is 0.859. The molecule has 0 aliphatic carbocycles. The first kappa shape index (κ1) is 13.2. The van der Waals surface area contributed by atoms with Crippen molar-refractivity contribution in [1.82, 2.24) is 4.57 Å². The molecule has 2 aromatic rings. The Labute approximate surface area is 119 Å². The molecule has 0 atom stereocenters. The Hall–Kier alpha value is -1.26. The van der Waals surface area contributed by atoms with Crippen molar-refractivity contribution in [3.05, 3.63) is 61.9 Å². The van der Waals surface area contributed by atoms with Crippen molar-refractivity contribution in [2.75, 3.05) is 5.32 Å². The van der Waals surface area contributed by atoms with Gasteiger partial charge in [0.2, 0.25) is 5.56 Å². The number of rotatable bonds is 3. The van der Waals surface area contributed by atoms with E-state index in [-0.39, 0.29) is 5.56 Å². The third kappa shape index (κ3) is 3.15. The molecule has 1 heterocycles. The van der Waals surface area contributed by atoms with Crippen LogP contribution in [0.5, 0.6) is 0 Å². The van der Waals surface area contributed by atoms with Crippen LogP contribution in [-0.2, 0) is 13.6 Å². The molecule has 0 aliphatic rings. The van der Waals surface area contributed by atoms with Crippen LogP contribution in [0, 0.1) is 0 Å². The van der Waals surface area contributed by atoms with Gasteiger partial charge in [0.1, 0.15) is 0 Å². The van der Waals surface area contributed by atoms with Crippen LogP contribution in [0.2, 0.25) is 5.02 Å². The molecule has 0 fully saturated rings. The number of hydrogen-bond acceptors (Lipinski definition) is 2. The van der Waals surface area contributed by atoms with Gasteiger partial charge in [0, 0.05) is 35.4 Å². The molecule has 18 heavy (non-hydrogen) atoms. The van der Waals surface area contributed by atoms with Gasteiger partial charge in [-0.15, -0.1) is 0 Å². The number of halogens is 2. The van der Waals surface area contributed by atoms with Crippen molar-refractivity contribution in [2.24, 2.45) is 7.05 Å². The molecular weight excluding hydrogens is 316 g/mol. The Morgan fingerprint density at radius 1 is 1.33 bits per heavy atom. The molecule has 1 aromatic heterocycles. The molecule has 0 bridgehead atoms. The van der Waals surface area contributed by atoms with Crippen LogP contribution in [0.15, 0.2) is 45.8 Å². The highest BCUT2D eigenvalue weighted by atomic mass is 79.9. The zero-order valence-electron chi connectivity index (χ0n) is 9.78. The minimum Gasteiger partial charge on any atom is -0.380 e. The Morgan fingerprint density at radius 2 is 2.11 bits per heavy atom. The van der Waals surface area contributed by atoms with Gasteiger partial charge in [0.15, 0.2) is 0 Å². The van der Waals surface area contributed by atoms with Crippen LogP contribution in [-0.4, -0.2) is 4.57 Å². The summed E-state index contributed by atoms with van der Waals surface area (Å²) in [5, 5.41) is 3.96. The summed E-state index contributed by atoms with van der Waals surface area (Å²) in [5.41, 5.74) is 1.99. The van der Waals surface area contributed by atoms with Crippen LogP contribution in [0.1, 0.15) is 5.56 Å². The van der Waals surface area contributed by atoms with E-state index in [9.17, 15) is 4.79 Å². The first-order valence-corrected chi connectivity index (χ1v) is 6.58. The molecule has 1 aromatic carbocycles. The second-order valence-corrected chi connectivity index (χ2v) is 5.25. The predicted octanol–water partition coefficient (Wildman–Crippen LogP) is 3.41. The van der Waals surface area contributed by atoms with E-state index in [2.05, 4.69) is 21.2 Å². The van der Waals surface area contributed by atoms with Gasteiger partial charge in [-0.05, 0) is 23.8 Å². The molecule has 94 valence electrons. The highest BCUT2D eigenvalue weighted by molar-refractivity contribution is 9.10. The fourth-order valence-electron chi connectivity index (χ4n) is 1.56. The molecule has 0 spiro atoms. The maximum absolute atomic E-state index is 11.3. The lowest BCUT2D eigenvalue weighted by Crippen LogP contribution is -2.15. The number of nitrogens with zero attached hydrogens (tertiary/aromatic N) is 1. The first-order valence-electron chi connectivity index (χ1n) is 5.41. The molecule has 0 amide bonds. The fourth-order valence-corrected chi connectivity index (χ4v) is 2.38. The van der Waals surface area contributed by atoms with Gasteiger partial charge in [0.25, 0.3) is 0 Å². The Balaban J connectivity index is 2.11. The summed E-state index contributed by atoms with van der Waals surface area (Å²) in [6.45, 7) is 0.663. The maximum atomic E-state index is 11.3. The van der Waals surface area contributed by atoms with Crippen LogP contribution in [0.25, 0.3) is 0 Å². The van der Waals surface area contributed by atoms with Gasteiger partial charge in [-0.2, -0.15) is 0 Å². The van der Waals surface area contributed by atoms with Crippen molar-refractivity contribution in [2.45, 2.75) is 6.54 Å². The highest BCUT2D eigenvalue weighted by Gasteiger charge is 2.01. The van der Waals surface area contributed by atoms with Crippen molar-refractivity contribution in [3.8, 4) is 0 Å². The third-order valence-corrected chi connectivity index (χ3v) is 3.56. The number of hydrogen-bond donors (Lipinski definition) is 1. The predicted molar refractivity (Wildman–Crippen MR) is 78.2 cm³/mol. The number of anilines is 1. The molecule has 0 aliphatic heterocycles. The molecule has 5 heteroatoms. The molecule has 0 saturated heterocycles. The first-order chi connectivity index (χ1) is 8.56. The Morgan fingerprint density at radius 3 is 2.78 bits per heavy atom. The Bertz CT molecular complexity index is 625. The summed E-state index contributed by atoms with van der Waals surface area (Å²) < 4.78 is 2.51. The van der Waals surface area contributed by atoms with E-state index < -0.39 is 0 Å². The summed E-state index contributed by atoms with van der Waals surface area (Å²) in [6, 6.07) is 8.98. The smallest absolute Gasteiger partial charge is 0.250 e. The maximum Gasteiger partial charge on any atom is 0.250 e. The van der Waals surface area contributed by atoms with Gasteiger partial charge in [0.05, 0.1) is 5.69 Å². The minimum atomic E-state index is -0.0202. The van der Waals surface area contributed by atoms with E-state index >= 15 is 0 Å². The monoisotopic (exact) mass is 326 g/mol. The largest absolute Gasteiger partial charge is 0.380 e. The zero-order chi connectivity index (χ0) is 13.1. The molecule has 3 nitrogen and oxygen atoms in total. The standard InChI is InChI=1S/C13H12BrClN2O/c1-17-8-11(4-5-13(17)18)16-7-9-2-3-10(15)6-12(9)14/h2-6,8,16H,7H2,1H3. The van der Waals surface area contributed by atoms with Crippen molar-refractivity contribution >= 4 is 33.2 Å². The quantitative estimate of drug-likeness (QED) is 0.937. The number of aromatic nitrogens is 1. The second kappa shape index (κ2) is 5.59. The highest BCUT2D eigenvalue weighted by Crippen LogP contribution is 2.22. The Kier molecular flexibility index (Phi) is 4.09. The van der Waals surface area contributed by atoms with Crippen LogP contribution in [0.4, 0.5) is 5.69 Å². The van der Waals surface area contributed by atoms with Crippen molar-refractivity contribution in [1.29, 1.82) is 0 Å². The van der Waals surface area contributed by atoms with Gasteiger partial charge in [-0.1, -0.05) is 33.6 Å². The van der Waals surface area contributed by atoms with E-state index in [1.807, 2.05) is 18.2 Å². The average Bonchev–Trinajstić information content (AvgIpc) is 2.32. The number of benzene rings is 1. The second-order valence-electron chi connectivity index (χ2n) is 3.96. The van der Waals surface area contributed by atoms with E-state index in [1.54, 1.807) is 29.9 Å². The molecule has 2 rings (SSSR count). The third-order valence-electron chi connectivity index (χ3n) is 2.58. The summed E-state index contributed by atoms with van der Waals surface area (Å²) in [5.74, 6) is 0. The average molecular weight is 328 g/mol. The topological polar surface area (TPSA) is 34.0 Å². The summed E-state index contributed by atoms with van der Waals surface area (Å²) in [7, 11) is 1.73.